The summed E-state index contributed by atoms with van der Waals surface area (Å²) in [5.74, 6) is -2.61. The molecular formula is C7H13F2NO. The summed E-state index contributed by atoms with van der Waals surface area (Å²) in [7, 11) is 0. The van der Waals surface area contributed by atoms with Crippen LogP contribution in [0.4, 0.5) is 8.78 Å². The van der Waals surface area contributed by atoms with Crippen LogP contribution in [0.1, 0.15) is 13.3 Å². The zero-order chi connectivity index (χ0) is 8.32. The standard InChI is InChI=1S/C7H13F2NO/c1-7(8,9)4-6-5-10-2-3-11-6/h6,10H,2-5H2,1H3. The van der Waals surface area contributed by atoms with Crippen molar-refractivity contribution in [2.75, 3.05) is 19.7 Å². The highest BCUT2D eigenvalue weighted by Crippen LogP contribution is 2.20. The van der Waals surface area contributed by atoms with Gasteiger partial charge in [0, 0.05) is 19.5 Å². The Morgan fingerprint density at radius 3 is 2.82 bits per heavy atom. The van der Waals surface area contributed by atoms with Gasteiger partial charge in [-0.05, 0) is 6.92 Å². The fourth-order valence-corrected chi connectivity index (χ4v) is 1.15. The molecule has 1 unspecified atom stereocenters. The zero-order valence-electron chi connectivity index (χ0n) is 6.57. The van der Waals surface area contributed by atoms with Gasteiger partial charge in [-0.2, -0.15) is 0 Å². The van der Waals surface area contributed by atoms with Crippen LogP contribution in [0.15, 0.2) is 0 Å². The van der Waals surface area contributed by atoms with Crippen LogP contribution in [0.3, 0.4) is 0 Å². The van der Waals surface area contributed by atoms with Crippen LogP contribution in [-0.4, -0.2) is 31.7 Å². The zero-order valence-corrected chi connectivity index (χ0v) is 6.57. The first-order chi connectivity index (χ1) is 5.08. The molecule has 0 aromatic rings. The van der Waals surface area contributed by atoms with E-state index in [1.807, 2.05) is 0 Å². The molecule has 0 saturated carbocycles. The summed E-state index contributed by atoms with van der Waals surface area (Å²) < 4.78 is 29.9. The highest BCUT2D eigenvalue weighted by Gasteiger charge is 2.28. The van der Waals surface area contributed by atoms with Crippen LogP contribution in [0.5, 0.6) is 0 Å². The number of nitrogens with one attached hydrogen (secondary N) is 1. The normalized spacial score (nSPS) is 27.0. The predicted octanol–water partition coefficient (Wildman–Crippen LogP) is 1.02. The Bertz CT molecular complexity index is 118. The van der Waals surface area contributed by atoms with Crippen LogP contribution in [-0.2, 0) is 4.74 Å². The van der Waals surface area contributed by atoms with E-state index in [1.54, 1.807) is 0 Å². The second-order valence-corrected chi connectivity index (χ2v) is 2.97. The average Bonchev–Trinajstić information content (AvgIpc) is 1.85. The van der Waals surface area contributed by atoms with Crippen molar-refractivity contribution in [1.82, 2.24) is 5.32 Å². The molecule has 1 fully saturated rings. The van der Waals surface area contributed by atoms with E-state index >= 15 is 0 Å². The van der Waals surface area contributed by atoms with E-state index in [0.717, 1.165) is 13.5 Å². The van der Waals surface area contributed by atoms with Crippen molar-refractivity contribution in [3.8, 4) is 0 Å². The van der Waals surface area contributed by atoms with Crippen LogP contribution >= 0.6 is 0 Å². The molecule has 4 heteroatoms. The minimum atomic E-state index is -2.61. The molecule has 1 saturated heterocycles. The maximum Gasteiger partial charge on any atom is 0.247 e. The quantitative estimate of drug-likeness (QED) is 0.659. The molecule has 1 atom stereocenters. The fraction of sp³-hybridized carbons (Fsp3) is 1.00. The van der Waals surface area contributed by atoms with E-state index in [4.69, 9.17) is 4.74 Å². The molecule has 1 aliphatic rings. The molecule has 0 aromatic carbocycles. The SMILES string of the molecule is CC(F)(F)CC1CNCCO1. The third-order valence-corrected chi connectivity index (χ3v) is 1.59. The lowest BCUT2D eigenvalue weighted by Crippen LogP contribution is -2.40. The fourth-order valence-electron chi connectivity index (χ4n) is 1.15. The molecule has 1 heterocycles. The second kappa shape index (κ2) is 3.45. The molecule has 0 amide bonds. The van der Waals surface area contributed by atoms with Crippen LogP contribution in [0, 0.1) is 0 Å². The Hall–Kier alpha value is -0.220. The van der Waals surface area contributed by atoms with Crippen LogP contribution < -0.4 is 5.32 Å². The predicted molar refractivity (Wildman–Crippen MR) is 37.8 cm³/mol. The summed E-state index contributed by atoms with van der Waals surface area (Å²) >= 11 is 0. The van der Waals surface area contributed by atoms with Crippen molar-refractivity contribution in [2.24, 2.45) is 0 Å². The number of hydrogen-bond acceptors (Lipinski definition) is 2. The summed E-state index contributed by atoms with van der Waals surface area (Å²) in [6.45, 7) is 2.78. The number of halogens is 2. The van der Waals surface area contributed by atoms with Crippen molar-refractivity contribution in [3.05, 3.63) is 0 Å². The maximum atomic E-state index is 12.4. The monoisotopic (exact) mass is 165 g/mol. The molecule has 2 nitrogen and oxygen atoms in total. The second-order valence-electron chi connectivity index (χ2n) is 2.97. The van der Waals surface area contributed by atoms with Gasteiger partial charge in [0.1, 0.15) is 0 Å². The Labute approximate surface area is 64.9 Å². The number of alkyl halides is 2. The largest absolute Gasteiger partial charge is 0.375 e. The number of ether oxygens (including phenoxy) is 1. The summed E-state index contributed by atoms with van der Waals surface area (Å²) in [5.41, 5.74) is 0. The third kappa shape index (κ3) is 3.62. The number of hydrogen-bond donors (Lipinski definition) is 1. The van der Waals surface area contributed by atoms with E-state index in [9.17, 15) is 8.78 Å². The number of morpholine rings is 1. The van der Waals surface area contributed by atoms with Gasteiger partial charge >= 0.3 is 0 Å². The van der Waals surface area contributed by atoms with E-state index in [0.29, 0.717) is 13.2 Å². The maximum absolute atomic E-state index is 12.4. The van der Waals surface area contributed by atoms with Gasteiger partial charge in [-0.1, -0.05) is 0 Å². The lowest BCUT2D eigenvalue weighted by Gasteiger charge is -2.25. The first kappa shape index (κ1) is 8.87. The van der Waals surface area contributed by atoms with E-state index in [1.165, 1.54) is 0 Å². The van der Waals surface area contributed by atoms with Gasteiger partial charge in [-0.25, -0.2) is 8.78 Å². The first-order valence-corrected chi connectivity index (χ1v) is 3.78. The summed E-state index contributed by atoms with van der Waals surface area (Å²) in [5, 5.41) is 3.00. The smallest absolute Gasteiger partial charge is 0.247 e. The molecule has 66 valence electrons. The van der Waals surface area contributed by atoms with Crippen molar-refractivity contribution in [1.29, 1.82) is 0 Å². The van der Waals surface area contributed by atoms with Crippen molar-refractivity contribution >= 4 is 0 Å². The lowest BCUT2D eigenvalue weighted by molar-refractivity contribution is -0.0617. The van der Waals surface area contributed by atoms with Crippen LogP contribution in [0.25, 0.3) is 0 Å². The summed E-state index contributed by atoms with van der Waals surface area (Å²) in [4.78, 5) is 0. The highest BCUT2D eigenvalue weighted by atomic mass is 19.3. The van der Waals surface area contributed by atoms with Crippen molar-refractivity contribution in [3.63, 3.8) is 0 Å². The van der Waals surface area contributed by atoms with E-state index < -0.39 is 5.92 Å². The van der Waals surface area contributed by atoms with Crippen LogP contribution in [0.2, 0.25) is 0 Å². The minimum Gasteiger partial charge on any atom is -0.375 e. The third-order valence-electron chi connectivity index (χ3n) is 1.59. The molecule has 0 aromatic heterocycles. The number of rotatable bonds is 2. The van der Waals surface area contributed by atoms with E-state index in [2.05, 4.69) is 5.32 Å². The van der Waals surface area contributed by atoms with E-state index in [-0.39, 0.29) is 12.5 Å². The molecule has 11 heavy (non-hydrogen) atoms. The van der Waals surface area contributed by atoms with Gasteiger partial charge in [0.05, 0.1) is 12.7 Å². The van der Waals surface area contributed by atoms with Gasteiger partial charge in [-0.15, -0.1) is 0 Å². The molecule has 1 N–H and O–H groups in total. The van der Waals surface area contributed by atoms with Gasteiger partial charge in [0.2, 0.25) is 5.92 Å². The minimum absolute atomic E-state index is 0.181. The molecule has 1 rings (SSSR count). The topological polar surface area (TPSA) is 21.3 Å². The highest BCUT2D eigenvalue weighted by molar-refractivity contribution is 4.72. The first-order valence-electron chi connectivity index (χ1n) is 3.78. The average molecular weight is 165 g/mol. The summed E-state index contributed by atoms with van der Waals surface area (Å²) in [6.07, 6.45) is -0.497. The van der Waals surface area contributed by atoms with Crippen molar-refractivity contribution < 1.29 is 13.5 Å². The molecule has 0 aliphatic carbocycles. The molecule has 0 bridgehead atoms. The van der Waals surface area contributed by atoms with Gasteiger partial charge in [0.25, 0.3) is 0 Å². The van der Waals surface area contributed by atoms with Gasteiger partial charge < -0.3 is 10.1 Å². The Morgan fingerprint density at radius 1 is 1.64 bits per heavy atom. The lowest BCUT2D eigenvalue weighted by atomic mass is 10.1. The Morgan fingerprint density at radius 2 is 2.36 bits per heavy atom. The van der Waals surface area contributed by atoms with Gasteiger partial charge in [0.15, 0.2) is 0 Å². The van der Waals surface area contributed by atoms with Crippen molar-refractivity contribution in [2.45, 2.75) is 25.4 Å². The molecule has 0 spiro atoms. The van der Waals surface area contributed by atoms with Gasteiger partial charge in [-0.3, -0.25) is 0 Å². The molecular weight excluding hydrogens is 152 g/mol. The Balaban J connectivity index is 2.24. The molecule has 0 radical (unpaired) electrons. The molecule has 1 aliphatic heterocycles. The Kier molecular flexibility index (Phi) is 2.78. The summed E-state index contributed by atoms with van der Waals surface area (Å²) in [6, 6.07) is 0.